The van der Waals surface area contributed by atoms with Crippen LogP contribution in [0.3, 0.4) is 0 Å². The number of nitrogens with two attached hydrogens (primary N) is 1. The monoisotopic (exact) mass is 389 g/mol. The molecule has 3 unspecified atom stereocenters. The molecule has 0 radical (unpaired) electrons. The Morgan fingerprint density at radius 1 is 0.926 bits per heavy atom. The predicted octanol–water partition coefficient (Wildman–Crippen LogP) is -3.73. The van der Waals surface area contributed by atoms with Crippen LogP contribution >= 0.6 is 0 Å². The normalized spacial score (nSPS) is 13.9. The summed E-state index contributed by atoms with van der Waals surface area (Å²) in [5.74, 6) is -4.43. The van der Waals surface area contributed by atoms with E-state index in [2.05, 4.69) is 21.3 Å². The van der Waals surface area contributed by atoms with Gasteiger partial charge in [0, 0.05) is 0 Å². The maximum atomic E-state index is 12.0. The van der Waals surface area contributed by atoms with Gasteiger partial charge in [0.2, 0.25) is 23.6 Å². The van der Waals surface area contributed by atoms with Crippen molar-refractivity contribution in [1.82, 2.24) is 21.3 Å². The number of carbonyl (C=O) groups excluding carboxylic acids is 4. The fourth-order valence-electron chi connectivity index (χ4n) is 1.89. The van der Waals surface area contributed by atoms with Gasteiger partial charge in [-0.05, 0) is 12.8 Å². The number of aliphatic hydroxyl groups excluding tert-OH is 1. The molecule has 0 aliphatic heterocycles. The molecule has 27 heavy (non-hydrogen) atoms. The van der Waals surface area contributed by atoms with Crippen molar-refractivity contribution in [2.75, 3.05) is 19.7 Å². The number of aliphatic carboxylic acids is 1. The van der Waals surface area contributed by atoms with Crippen LogP contribution in [0.1, 0.15) is 20.8 Å². The van der Waals surface area contributed by atoms with Crippen molar-refractivity contribution in [2.45, 2.75) is 38.9 Å². The van der Waals surface area contributed by atoms with E-state index in [0.717, 1.165) is 0 Å². The van der Waals surface area contributed by atoms with E-state index in [-0.39, 0.29) is 12.5 Å². The molecule has 4 amide bonds. The second kappa shape index (κ2) is 11.8. The Morgan fingerprint density at radius 2 is 1.52 bits per heavy atom. The summed E-state index contributed by atoms with van der Waals surface area (Å²) in [6.45, 7) is 3.02. The molecule has 0 fully saturated rings. The smallest absolute Gasteiger partial charge is 0.326 e. The van der Waals surface area contributed by atoms with E-state index in [1.54, 1.807) is 13.8 Å². The van der Waals surface area contributed by atoms with E-state index < -0.39 is 60.9 Å². The third kappa shape index (κ3) is 8.96. The molecule has 12 nitrogen and oxygen atoms in total. The number of carboxylic acids is 1. The van der Waals surface area contributed by atoms with E-state index in [1.807, 2.05) is 0 Å². The lowest BCUT2D eigenvalue weighted by molar-refractivity contribution is -0.143. The Kier molecular flexibility index (Phi) is 10.6. The zero-order valence-corrected chi connectivity index (χ0v) is 15.4. The van der Waals surface area contributed by atoms with E-state index in [9.17, 15) is 24.0 Å². The van der Waals surface area contributed by atoms with Gasteiger partial charge >= 0.3 is 5.97 Å². The summed E-state index contributed by atoms with van der Waals surface area (Å²) in [4.78, 5) is 57.8. The molecule has 12 heteroatoms. The molecule has 0 bridgehead atoms. The lowest BCUT2D eigenvalue weighted by atomic mass is 10.0. The Labute approximate surface area is 156 Å². The van der Waals surface area contributed by atoms with Gasteiger partial charge in [0.15, 0.2) is 0 Å². The van der Waals surface area contributed by atoms with Crippen LogP contribution in [0.25, 0.3) is 0 Å². The molecule has 0 aromatic carbocycles. The van der Waals surface area contributed by atoms with Crippen LogP contribution in [0.2, 0.25) is 0 Å². The van der Waals surface area contributed by atoms with Crippen molar-refractivity contribution in [2.24, 2.45) is 11.7 Å². The number of amides is 4. The van der Waals surface area contributed by atoms with E-state index in [0.29, 0.717) is 0 Å². The molecular weight excluding hydrogens is 362 g/mol. The van der Waals surface area contributed by atoms with Crippen molar-refractivity contribution < 1.29 is 34.2 Å². The molecule has 0 aromatic rings. The molecule has 0 rings (SSSR count). The quantitative estimate of drug-likeness (QED) is 0.187. The van der Waals surface area contributed by atoms with Crippen molar-refractivity contribution in [3.05, 3.63) is 0 Å². The van der Waals surface area contributed by atoms with Gasteiger partial charge < -0.3 is 37.2 Å². The fourth-order valence-corrected chi connectivity index (χ4v) is 1.89. The summed E-state index contributed by atoms with van der Waals surface area (Å²) in [6.07, 6.45) is 0. The summed E-state index contributed by atoms with van der Waals surface area (Å²) in [7, 11) is 0. The number of carboxylic acid groups (broad SMARTS) is 1. The topological polar surface area (TPSA) is 200 Å². The predicted molar refractivity (Wildman–Crippen MR) is 93.1 cm³/mol. The van der Waals surface area contributed by atoms with Gasteiger partial charge in [0.1, 0.15) is 18.1 Å². The van der Waals surface area contributed by atoms with Crippen LogP contribution in [-0.4, -0.2) is 77.6 Å². The van der Waals surface area contributed by atoms with Gasteiger partial charge in [-0.3, -0.25) is 19.2 Å². The number of carbonyl (C=O) groups is 5. The Balaban J connectivity index is 4.51. The standard InChI is InChI=1S/C15H27N5O7/c1-7(2)12(15(26)27)20-13(24)8(3)18-11(23)5-17-14(25)9(6-21)19-10(22)4-16/h7-9,12,21H,4-6,16H2,1-3H3,(H,17,25)(H,18,23)(H,19,22)(H,20,24)(H,26,27). The second-order valence-electron chi connectivity index (χ2n) is 6.08. The molecule has 0 saturated carbocycles. The maximum absolute atomic E-state index is 12.0. The Hall–Kier alpha value is -2.73. The van der Waals surface area contributed by atoms with Gasteiger partial charge in [-0.15, -0.1) is 0 Å². The Morgan fingerprint density at radius 3 is 1.96 bits per heavy atom. The van der Waals surface area contributed by atoms with Gasteiger partial charge in [-0.25, -0.2) is 4.79 Å². The second-order valence-corrected chi connectivity index (χ2v) is 6.08. The summed E-state index contributed by atoms with van der Waals surface area (Å²) in [6, 6.07) is -3.41. The summed E-state index contributed by atoms with van der Waals surface area (Å²) < 4.78 is 0. The molecule has 154 valence electrons. The number of rotatable bonds is 11. The number of nitrogens with one attached hydrogen (secondary N) is 4. The summed E-state index contributed by atoms with van der Waals surface area (Å²) in [5.41, 5.74) is 5.09. The lowest BCUT2D eigenvalue weighted by Gasteiger charge is -2.21. The van der Waals surface area contributed by atoms with E-state index in [4.69, 9.17) is 15.9 Å². The van der Waals surface area contributed by atoms with Gasteiger partial charge in [-0.1, -0.05) is 13.8 Å². The highest BCUT2D eigenvalue weighted by Gasteiger charge is 2.26. The highest BCUT2D eigenvalue weighted by atomic mass is 16.4. The first-order chi connectivity index (χ1) is 12.5. The molecule has 3 atom stereocenters. The SMILES string of the molecule is CC(NC(=O)CNC(=O)C(CO)NC(=O)CN)C(=O)NC(C(=O)O)C(C)C. The molecule has 0 heterocycles. The molecule has 0 aliphatic rings. The van der Waals surface area contributed by atoms with Crippen LogP contribution < -0.4 is 27.0 Å². The largest absolute Gasteiger partial charge is 0.480 e. The van der Waals surface area contributed by atoms with Gasteiger partial charge in [0.25, 0.3) is 0 Å². The molecule has 0 spiro atoms. The zero-order valence-electron chi connectivity index (χ0n) is 15.4. The number of hydrogen-bond donors (Lipinski definition) is 7. The lowest BCUT2D eigenvalue weighted by Crippen LogP contribution is -2.54. The van der Waals surface area contributed by atoms with Crippen LogP contribution in [0, 0.1) is 5.92 Å². The minimum absolute atomic E-state index is 0.354. The van der Waals surface area contributed by atoms with Gasteiger partial charge in [0.05, 0.1) is 19.7 Å². The van der Waals surface area contributed by atoms with Crippen LogP contribution in [0.15, 0.2) is 0 Å². The zero-order chi connectivity index (χ0) is 21.1. The number of hydrogen-bond acceptors (Lipinski definition) is 7. The maximum Gasteiger partial charge on any atom is 0.326 e. The third-order valence-corrected chi connectivity index (χ3v) is 3.44. The number of aliphatic hydroxyl groups is 1. The first-order valence-corrected chi connectivity index (χ1v) is 8.24. The molecule has 8 N–H and O–H groups in total. The minimum atomic E-state index is -1.27. The van der Waals surface area contributed by atoms with Crippen molar-refractivity contribution in [3.63, 3.8) is 0 Å². The van der Waals surface area contributed by atoms with Crippen molar-refractivity contribution in [3.8, 4) is 0 Å². The van der Waals surface area contributed by atoms with Crippen molar-refractivity contribution in [1.29, 1.82) is 0 Å². The first kappa shape index (κ1) is 24.3. The van der Waals surface area contributed by atoms with Crippen LogP contribution in [0.5, 0.6) is 0 Å². The highest BCUT2D eigenvalue weighted by molar-refractivity contribution is 5.93. The third-order valence-electron chi connectivity index (χ3n) is 3.44. The summed E-state index contributed by atoms with van der Waals surface area (Å²) >= 11 is 0. The molecular formula is C15H27N5O7. The van der Waals surface area contributed by atoms with Crippen LogP contribution in [-0.2, 0) is 24.0 Å². The summed E-state index contributed by atoms with van der Waals surface area (Å²) in [5, 5.41) is 27.1. The minimum Gasteiger partial charge on any atom is -0.480 e. The van der Waals surface area contributed by atoms with Crippen LogP contribution in [0.4, 0.5) is 0 Å². The highest BCUT2D eigenvalue weighted by Crippen LogP contribution is 2.02. The molecule has 0 aromatic heterocycles. The average Bonchev–Trinajstić information content (AvgIpc) is 2.60. The fraction of sp³-hybridized carbons (Fsp3) is 0.667. The molecule has 0 saturated heterocycles. The first-order valence-electron chi connectivity index (χ1n) is 8.24. The Bertz CT molecular complexity index is 567. The van der Waals surface area contributed by atoms with E-state index in [1.165, 1.54) is 6.92 Å². The van der Waals surface area contributed by atoms with E-state index >= 15 is 0 Å². The average molecular weight is 389 g/mol. The van der Waals surface area contributed by atoms with Gasteiger partial charge in [-0.2, -0.15) is 0 Å². The van der Waals surface area contributed by atoms with Crippen molar-refractivity contribution >= 4 is 29.6 Å². The molecule has 0 aliphatic carbocycles.